The van der Waals surface area contributed by atoms with Crippen LogP contribution in [0.15, 0.2) is 45.0 Å². The van der Waals surface area contributed by atoms with Crippen LogP contribution in [0.3, 0.4) is 0 Å². The molecule has 0 fully saturated rings. The Hall–Kier alpha value is -2.74. The molecule has 2 aromatic heterocycles. The van der Waals surface area contributed by atoms with Gasteiger partial charge in [0.05, 0.1) is 12.2 Å². The Morgan fingerprint density at radius 2 is 2.14 bits per heavy atom. The maximum absolute atomic E-state index is 11.8. The minimum atomic E-state index is -0.548. The molecule has 1 N–H and O–H groups in total. The molecule has 0 saturated heterocycles. The second kappa shape index (κ2) is 5.94. The summed E-state index contributed by atoms with van der Waals surface area (Å²) in [5.74, 6) is -0.291. The highest BCUT2D eigenvalue weighted by atomic mass is 32.1. The van der Waals surface area contributed by atoms with Crippen molar-refractivity contribution in [2.45, 2.75) is 13.5 Å². The van der Waals surface area contributed by atoms with E-state index in [1.54, 1.807) is 5.38 Å². The summed E-state index contributed by atoms with van der Waals surface area (Å²) >= 11 is 1.30. The maximum atomic E-state index is 11.8. The summed E-state index contributed by atoms with van der Waals surface area (Å²) in [4.78, 5) is 27.1. The van der Waals surface area contributed by atoms with Gasteiger partial charge in [0.1, 0.15) is 0 Å². The molecule has 0 unspecified atom stereocenters. The standard InChI is InChI=1S/C14H12N4O3S/c1-9(19)15-13-16-11(8-22-13)7-18-12(17-21-14(18)20)10-5-3-2-4-6-10/h2-6,8H,7H2,1H3,(H,15,16,19). The molecule has 112 valence electrons. The molecule has 22 heavy (non-hydrogen) atoms. The average molecular weight is 316 g/mol. The van der Waals surface area contributed by atoms with E-state index in [1.807, 2.05) is 30.3 Å². The first kappa shape index (κ1) is 14.2. The van der Waals surface area contributed by atoms with Gasteiger partial charge in [-0.15, -0.1) is 11.3 Å². The number of carbonyl (C=O) groups excluding carboxylic acids is 1. The van der Waals surface area contributed by atoms with E-state index < -0.39 is 5.76 Å². The largest absolute Gasteiger partial charge is 0.442 e. The van der Waals surface area contributed by atoms with Crippen LogP contribution in [0.2, 0.25) is 0 Å². The quantitative estimate of drug-likeness (QED) is 0.794. The maximum Gasteiger partial charge on any atom is 0.442 e. The van der Waals surface area contributed by atoms with Crippen LogP contribution in [0, 0.1) is 0 Å². The van der Waals surface area contributed by atoms with Crippen LogP contribution in [-0.4, -0.2) is 20.6 Å². The lowest BCUT2D eigenvalue weighted by molar-refractivity contribution is -0.114. The summed E-state index contributed by atoms with van der Waals surface area (Å²) in [7, 11) is 0. The van der Waals surface area contributed by atoms with E-state index >= 15 is 0 Å². The van der Waals surface area contributed by atoms with Gasteiger partial charge in [-0.1, -0.05) is 35.5 Å². The molecular formula is C14H12N4O3S. The molecule has 1 amide bonds. The third-order valence-corrected chi connectivity index (χ3v) is 3.68. The first-order valence-corrected chi connectivity index (χ1v) is 7.35. The zero-order valence-corrected chi connectivity index (χ0v) is 12.5. The summed E-state index contributed by atoms with van der Waals surface area (Å²) in [6.45, 7) is 1.64. The number of hydrogen-bond donors (Lipinski definition) is 1. The minimum Gasteiger partial charge on any atom is -0.302 e. The molecule has 0 atom stereocenters. The number of benzene rings is 1. The number of rotatable bonds is 4. The van der Waals surface area contributed by atoms with Crippen molar-refractivity contribution in [3.63, 3.8) is 0 Å². The SMILES string of the molecule is CC(=O)Nc1nc(Cn2c(-c3ccccc3)noc2=O)cs1. The van der Waals surface area contributed by atoms with E-state index in [1.165, 1.54) is 22.8 Å². The van der Waals surface area contributed by atoms with Crippen molar-refractivity contribution < 1.29 is 9.32 Å². The predicted octanol–water partition coefficient (Wildman–Crippen LogP) is 1.97. The van der Waals surface area contributed by atoms with Gasteiger partial charge in [0, 0.05) is 17.9 Å². The van der Waals surface area contributed by atoms with Crippen LogP contribution < -0.4 is 11.1 Å². The van der Waals surface area contributed by atoms with Crippen LogP contribution in [0.25, 0.3) is 11.4 Å². The van der Waals surface area contributed by atoms with E-state index in [0.29, 0.717) is 16.6 Å². The van der Waals surface area contributed by atoms with Crippen LogP contribution >= 0.6 is 11.3 Å². The van der Waals surface area contributed by atoms with E-state index in [-0.39, 0.29) is 12.5 Å². The number of hydrogen-bond acceptors (Lipinski definition) is 6. The average Bonchev–Trinajstić information content (AvgIpc) is 3.08. The highest BCUT2D eigenvalue weighted by Crippen LogP contribution is 2.19. The van der Waals surface area contributed by atoms with E-state index in [0.717, 1.165) is 5.56 Å². The fraction of sp³-hybridized carbons (Fsp3) is 0.143. The summed E-state index contributed by atoms with van der Waals surface area (Å²) < 4.78 is 6.16. The molecule has 0 bridgehead atoms. The zero-order valence-electron chi connectivity index (χ0n) is 11.6. The molecule has 7 nitrogen and oxygen atoms in total. The number of anilines is 1. The summed E-state index contributed by atoms with van der Waals surface area (Å²) in [5.41, 5.74) is 1.43. The second-order valence-corrected chi connectivity index (χ2v) is 5.41. The van der Waals surface area contributed by atoms with Crippen LogP contribution in [0.1, 0.15) is 12.6 Å². The lowest BCUT2D eigenvalue weighted by atomic mass is 10.2. The first-order chi connectivity index (χ1) is 10.6. The number of nitrogens with zero attached hydrogens (tertiary/aromatic N) is 3. The van der Waals surface area contributed by atoms with Crippen molar-refractivity contribution in [2.75, 3.05) is 5.32 Å². The molecule has 2 heterocycles. The molecule has 8 heteroatoms. The number of nitrogens with one attached hydrogen (secondary N) is 1. The van der Waals surface area contributed by atoms with Crippen LogP contribution in [0.5, 0.6) is 0 Å². The van der Waals surface area contributed by atoms with Gasteiger partial charge in [0.25, 0.3) is 0 Å². The van der Waals surface area contributed by atoms with Gasteiger partial charge < -0.3 is 5.32 Å². The summed E-state index contributed by atoms with van der Waals surface area (Å²) in [5, 5.41) is 8.70. The van der Waals surface area contributed by atoms with E-state index in [2.05, 4.69) is 15.5 Å². The number of aromatic nitrogens is 3. The topological polar surface area (TPSA) is 90.0 Å². The third-order valence-electron chi connectivity index (χ3n) is 2.87. The molecule has 3 aromatic rings. The van der Waals surface area contributed by atoms with Crippen molar-refractivity contribution in [2.24, 2.45) is 0 Å². The smallest absolute Gasteiger partial charge is 0.302 e. The Kier molecular flexibility index (Phi) is 3.84. The van der Waals surface area contributed by atoms with Gasteiger partial charge in [0.15, 0.2) is 11.0 Å². The Morgan fingerprint density at radius 1 is 1.36 bits per heavy atom. The molecule has 1 aromatic carbocycles. The number of carbonyl (C=O) groups is 1. The molecule has 0 aliphatic carbocycles. The van der Waals surface area contributed by atoms with E-state index in [9.17, 15) is 9.59 Å². The predicted molar refractivity (Wildman–Crippen MR) is 81.7 cm³/mol. The van der Waals surface area contributed by atoms with Crippen LogP contribution in [0.4, 0.5) is 5.13 Å². The van der Waals surface area contributed by atoms with Gasteiger partial charge in [-0.3, -0.25) is 13.9 Å². The summed E-state index contributed by atoms with van der Waals surface area (Å²) in [6.07, 6.45) is 0. The Balaban J connectivity index is 1.90. The Labute approximate surface area is 129 Å². The van der Waals surface area contributed by atoms with Crippen molar-refractivity contribution in [3.05, 3.63) is 52.0 Å². The van der Waals surface area contributed by atoms with Gasteiger partial charge in [-0.25, -0.2) is 9.78 Å². The van der Waals surface area contributed by atoms with Gasteiger partial charge in [-0.05, 0) is 0 Å². The molecular weight excluding hydrogens is 304 g/mol. The highest BCUT2D eigenvalue weighted by Gasteiger charge is 2.14. The van der Waals surface area contributed by atoms with Crippen LogP contribution in [-0.2, 0) is 11.3 Å². The fourth-order valence-electron chi connectivity index (χ4n) is 1.95. The van der Waals surface area contributed by atoms with Gasteiger partial charge in [0.2, 0.25) is 5.91 Å². The molecule has 0 spiro atoms. The van der Waals surface area contributed by atoms with Gasteiger partial charge in [-0.2, -0.15) is 0 Å². The highest BCUT2D eigenvalue weighted by molar-refractivity contribution is 7.13. The Bertz CT molecular complexity index is 850. The number of amides is 1. The number of thiazole rings is 1. The Morgan fingerprint density at radius 3 is 2.86 bits per heavy atom. The summed E-state index contributed by atoms with van der Waals surface area (Å²) in [6, 6.07) is 9.29. The molecule has 0 saturated carbocycles. The van der Waals surface area contributed by atoms with Crippen molar-refractivity contribution in [1.29, 1.82) is 0 Å². The van der Waals surface area contributed by atoms with Crippen molar-refractivity contribution in [3.8, 4) is 11.4 Å². The van der Waals surface area contributed by atoms with E-state index in [4.69, 9.17) is 4.52 Å². The minimum absolute atomic E-state index is 0.187. The molecule has 3 rings (SSSR count). The zero-order chi connectivity index (χ0) is 15.5. The van der Waals surface area contributed by atoms with Gasteiger partial charge >= 0.3 is 5.76 Å². The first-order valence-electron chi connectivity index (χ1n) is 6.47. The second-order valence-electron chi connectivity index (χ2n) is 4.55. The third kappa shape index (κ3) is 2.96. The molecule has 0 radical (unpaired) electrons. The lowest BCUT2D eigenvalue weighted by Gasteiger charge is -2.02. The fourth-order valence-corrected chi connectivity index (χ4v) is 2.70. The lowest BCUT2D eigenvalue weighted by Crippen LogP contribution is -2.16. The van der Waals surface area contributed by atoms with Crippen molar-refractivity contribution >= 4 is 22.4 Å². The normalized spacial score (nSPS) is 10.6. The monoisotopic (exact) mass is 316 g/mol. The van der Waals surface area contributed by atoms with Crippen molar-refractivity contribution in [1.82, 2.24) is 14.7 Å². The molecule has 0 aliphatic rings. The molecule has 0 aliphatic heterocycles.